The van der Waals surface area contributed by atoms with Crippen LogP contribution in [0.5, 0.6) is 11.5 Å². The molecule has 0 saturated carbocycles. The highest BCUT2D eigenvalue weighted by Gasteiger charge is 2.11. The number of para-hydroxylation sites is 1. The summed E-state index contributed by atoms with van der Waals surface area (Å²) in [6.45, 7) is 0.568. The van der Waals surface area contributed by atoms with Crippen molar-refractivity contribution in [1.82, 2.24) is 4.90 Å². The molecule has 0 N–H and O–H groups in total. The SMILES string of the molecule is CN(CCOc1ccccc1Cl)C(=O)COc1ccc2ccc(=O)oc2c1. The first-order valence-corrected chi connectivity index (χ1v) is 8.69. The standard InChI is InChI=1S/C20H18ClNO5/c1-22(10-11-25-17-5-3-2-4-16(17)21)19(23)13-26-15-8-6-14-7-9-20(24)27-18(14)12-15/h2-9,12H,10-11,13H2,1H3. The van der Waals surface area contributed by atoms with Crippen LogP contribution in [-0.4, -0.2) is 37.6 Å². The molecule has 3 rings (SSSR count). The van der Waals surface area contributed by atoms with E-state index in [1.54, 1.807) is 43.4 Å². The minimum atomic E-state index is -0.436. The van der Waals surface area contributed by atoms with Crippen molar-refractivity contribution in [2.45, 2.75) is 0 Å². The molecular formula is C20H18ClNO5. The van der Waals surface area contributed by atoms with E-state index in [0.717, 1.165) is 5.39 Å². The summed E-state index contributed by atoms with van der Waals surface area (Å²) in [4.78, 5) is 25.0. The van der Waals surface area contributed by atoms with E-state index in [0.29, 0.717) is 35.3 Å². The van der Waals surface area contributed by atoms with Crippen molar-refractivity contribution in [1.29, 1.82) is 0 Å². The molecule has 0 unspecified atom stereocenters. The van der Waals surface area contributed by atoms with Crippen LogP contribution < -0.4 is 15.1 Å². The highest BCUT2D eigenvalue weighted by molar-refractivity contribution is 6.32. The Kier molecular flexibility index (Phi) is 5.98. The third kappa shape index (κ3) is 5.01. The van der Waals surface area contributed by atoms with E-state index in [-0.39, 0.29) is 12.5 Å². The lowest BCUT2D eigenvalue weighted by atomic mass is 10.2. The highest BCUT2D eigenvalue weighted by atomic mass is 35.5. The van der Waals surface area contributed by atoms with Crippen LogP contribution in [0.15, 0.2) is 63.8 Å². The molecule has 0 saturated heterocycles. The highest BCUT2D eigenvalue weighted by Crippen LogP contribution is 2.23. The Morgan fingerprint density at radius 1 is 1.11 bits per heavy atom. The summed E-state index contributed by atoms with van der Waals surface area (Å²) in [5, 5.41) is 1.31. The van der Waals surface area contributed by atoms with Gasteiger partial charge in [0.05, 0.1) is 11.6 Å². The molecule has 2 aromatic carbocycles. The van der Waals surface area contributed by atoms with Gasteiger partial charge in [-0.25, -0.2) is 4.79 Å². The number of halogens is 1. The fraction of sp³-hybridized carbons (Fsp3) is 0.200. The van der Waals surface area contributed by atoms with Crippen molar-refractivity contribution in [3.05, 3.63) is 70.0 Å². The number of likely N-dealkylation sites (N-methyl/N-ethyl adjacent to an activating group) is 1. The minimum Gasteiger partial charge on any atom is -0.490 e. The first kappa shape index (κ1) is 18.8. The normalized spacial score (nSPS) is 10.6. The van der Waals surface area contributed by atoms with E-state index in [2.05, 4.69) is 0 Å². The van der Waals surface area contributed by atoms with Gasteiger partial charge in [0.15, 0.2) is 6.61 Å². The maximum Gasteiger partial charge on any atom is 0.336 e. The topological polar surface area (TPSA) is 69.0 Å². The summed E-state index contributed by atoms with van der Waals surface area (Å²) in [7, 11) is 1.67. The number of ether oxygens (including phenoxy) is 2. The van der Waals surface area contributed by atoms with Gasteiger partial charge in [-0.05, 0) is 30.3 Å². The molecule has 0 aliphatic heterocycles. The second-order valence-electron chi connectivity index (χ2n) is 5.84. The molecule has 7 heteroatoms. The molecule has 0 fully saturated rings. The Balaban J connectivity index is 1.49. The number of hydrogen-bond donors (Lipinski definition) is 0. The first-order chi connectivity index (χ1) is 13.0. The quantitative estimate of drug-likeness (QED) is 0.581. The molecular weight excluding hydrogens is 370 g/mol. The van der Waals surface area contributed by atoms with Crippen molar-refractivity contribution in [3.8, 4) is 11.5 Å². The smallest absolute Gasteiger partial charge is 0.336 e. The van der Waals surface area contributed by atoms with Gasteiger partial charge in [-0.15, -0.1) is 0 Å². The number of rotatable bonds is 7. The maximum atomic E-state index is 12.2. The predicted molar refractivity (Wildman–Crippen MR) is 103 cm³/mol. The molecule has 1 aromatic heterocycles. The number of fused-ring (bicyclic) bond motifs is 1. The average molecular weight is 388 g/mol. The van der Waals surface area contributed by atoms with Crippen LogP contribution in [0.2, 0.25) is 5.02 Å². The van der Waals surface area contributed by atoms with Crippen molar-refractivity contribution < 1.29 is 18.7 Å². The van der Waals surface area contributed by atoms with Gasteiger partial charge in [0.2, 0.25) is 0 Å². The van der Waals surface area contributed by atoms with Gasteiger partial charge >= 0.3 is 5.63 Å². The summed E-state index contributed by atoms with van der Waals surface area (Å²) >= 11 is 6.02. The van der Waals surface area contributed by atoms with Gasteiger partial charge in [0.1, 0.15) is 23.7 Å². The molecule has 6 nitrogen and oxygen atoms in total. The Hall–Kier alpha value is -2.99. The molecule has 1 heterocycles. The maximum absolute atomic E-state index is 12.2. The summed E-state index contributed by atoms with van der Waals surface area (Å²) in [5.74, 6) is 0.826. The Morgan fingerprint density at radius 2 is 1.89 bits per heavy atom. The molecule has 0 bridgehead atoms. The molecule has 0 atom stereocenters. The van der Waals surface area contributed by atoms with Gasteiger partial charge in [0, 0.05) is 24.6 Å². The van der Waals surface area contributed by atoms with Crippen molar-refractivity contribution >= 4 is 28.5 Å². The Labute approximate surface area is 160 Å². The zero-order valence-electron chi connectivity index (χ0n) is 14.7. The van der Waals surface area contributed by atoms with E-state index in [9.17, 15) is 9.59 Å². The van der Waals surface area contributed by atoms with E-state index in [1.165, 1.54) is 11.0 Å². The molecule has 0 aliphatic rings. The van der Waals surface area contributed by atoms with Gasteiger partial charge in [0.25, 0.3) is 5.91 Å². The van der Waals surface area contributed by atoms with Crippen LogP contribution in [0.1, 0.15) is 0 Å². The van der Waals surface area contributed by atoms with Crippen LogP contribution in [0.4, 0.5) is 0 Å². The molecule has 0 radical (unpaired) electrons. The fourth-order valence-electron chi connectivity index (χ4n) is 2.37. The second-order valence-corrected chi connectivity index (χ2v) is 6.24. The van der Waals surface area contributed by atoms with Gasteiger partial charge in [-0.2, -0.15) is 0 Å². The van der Waals surface area contributed by atoms with E-state index < -0.39 is 5.63 Å². The third-order valence-electron chi connectivity index (χ3n) is 3.90. The molecule has 3 aromatic rings. The molecule has 27 heavy (non-hydrogen) atoms. The second kappa shape index (κ2) is 8.60. The van der Waals surface area contributed by atoms with Gasteiger partial charge in [-0.3, -0.25) is 4.79 Å². The third-order valence-corrected chi connectivity index (χ3v) is 4.22. The van der Waals surface area contributed by atoms with E-state index >= 15 is 0 Å². The summed E-state index contributed by atoms with van der Waals surface area (Å²) in [6, 6.07) is 15.3. The average Bonchev–Trinajstić information content (AvgIpc) is 2.67. The van der Waals surface area contributed by atoms with Crippen molar-refractivity contribution in [3.63, 3.8) is 0 Å². The minimum absolute atomic E-state index is 0.134. The number of amides is 1. The molecule has 0 spiro atoms. The largest absolute Gasteiger partial charge is 0.490 e. The van der Waals surface area contributed by atoms with Crippen LogP contribution in [0.3, 0.4) is 0 Å². The molecule has 140 valence electrons. The van der Waals surface area contributed by atoms with Crippen LogP contribution in [0.25, 0.3) is 11.0 Å². The zero-order valence-corrected chi connectivity index (χ0v) is 15.4. The van der Waals surface area contributed by atoms with Crippen LogP contribution >= 0.6 is 11.6 Å². The predicted octanol–water partition coefficient (Wildman–Crippen LogP) is 3.36. The molecule has 1 amide bonds. The fourth-order valence-corrected chi connectivity index (χ4v) is 2.56. The summed E-state index contributed by atoms with van der Waals surface area (Å²) in [6.07, 6.45) is 0. The van der Waals surface area contributed by atoms with Crippen LogP contribution in [-0.2, 0) is 4.79 Å². The Morgan fingerprint density at radius 3 is 2.70 bits per heavy atom. The van der Waals surface area contributed by atoms with Crippen LogP contribution in [0, 0.1) is 0 Å². The monoisotopic (exact) mass is 387 g/mol. The van der Waals surface area contributed by atoms with Gasteiger partial charge < -0.3 is 18.8 Å². The lowest BCUT2D eigenvalue weighted by molar-refractivity contribution is -0.132. The number of carbonyl (C=O) groups excluding carboxylic acids is 1. The number of hydrogen-bond acceptors (Lipinski definition) is 5. The first-order valence-electron chi connectivity index (χ1n) is 8.31. The van der Waals surface area contributed by atoms with E-state index in [1.807, 2.05) is 12.1 Å². The van der Waals surface area contributed by atoms with Crippen molar-refractivity contribution in [2.24, 2.45) is 0 Å². The Bertz CT molecular complexity index is 1000. The lowest BCUT2D eigenvalue weighted by Gasteiger charge is -2.18. The number of nitrogens with zero attached hydrogens (tertiary/aromatic N) is 1. The zero-order chi connectivity index (χ0) is 19.2. The van der Waals surface area contributed by atoms with E-state index in [4.69, 9.17) is 25.5 Å². The lowest BCUT2D eigenvalue weighted by Crippen LogP contribution is -2.34. The number of carbonyl (C=O) groups is 1. The van der Waals surface area contributed by atoms with Gasteiger partial charge in [-0.1, -0.05) is 23.7 Å². The van der Waals surface area contributed by atoms with Crippen molar-refractivity contribution in [2.75, 3.05) is 26.8 Å². The molecule has 0 aliphatic carbocycles. The number of benzene rings is 2. The summed E-state index contributed by atoms with van der Waals surface area (Å²) in [5.41, 5.74) is -0.0251. The summed E-state index contributed by atoms with van der Waals surface area (Å²) < 4.78 is 16.2.